The number of ether oxygens (including phenoxy) is 3. The van der Waals surface area contributed by atoms with Crippen molar-refractivity contribution in [2.75, 3.05) is 19.8 Å². The number of aliphatic hydroxyl groups excluding tert-OH is 1. The van der Waals surface area contributed by atoms with Crippen LogP contribution in [0.25, 0.3) is 0 Å². The normalized spacial score (nSPS) is 15.8. The van der Waals surface area contributed by atoms with Crippen LogP contribution in [0.3, 0.4) is 0 Å². The molecule has 1 unspecified atom stereocenters. The smallest absolute Gasteiger partial charge is 0.166 e. The SMILES string of the molecule is OCCCCCCc1cccc(OCC2COc3ccccc3O2)c1. The first-order valence-corrected chi connectivity index (χ1v) is 9.06. The molecule has 1 heterocycles. The molecule has 0 aliphatic carbocycles. The molecule has 1 aliphatic rings. The van der Waals surface area contributed by atoms with Crippen LogP contribution >= 0.6 is 0 Å². The summed E-state index contributed by atoms with van der Waals surface area (Å²) in [5.74, 6) is 2.44. The molecule has 1 atom stereocenters. The van der Waals surface area contributed by atoms with Crippen molar-refractivity contribution >= 4 is 0 Å². The average molecular weight is 342 g/mol. The molecule has 1 N–H and O–H groups in total. The highest BCUT2D eigenvalue weighted by atomic mass is 16.6. The fraction of sp³-hybridized carbons (Fsp3) is 0.429. The van der Waals surface area contributed by atoms with Crippen LogP contribution in [0.15, 0.2) is 48.5 Å². The zero-order valence-electron chi connectivity index (χ0n) is 14.5. The molecule has 0 saturated carbocycles. The van der Waals surface area contributed by atoms with Crippen LogP contribution in [-0.2, 0) is 6.42 Å². The number of para-hydroxylation sites is 2. The minimum atomic E-state index is -0.1000. The summed E-state index contributed by atoms with van der Waals surface area (Å²) in [5.41, 5.74) is 1.28. The van der Waals surface area contributed by atoms with Gasteiger partial charge in [0.1, 0.15) is 19.0 Å². The predicted octanol–water partition coefficient (Wildman–Crippen LogP) is 4.00. The number of rotatable bonds is 9. The van der Waals surface area contributed by atoms with Gasteiger partial charge < -0.3 is 19.3 Å². The summed E-state index contributed by atoms with van der Waals surface area (Å²) in [6.45, 7) is 1.26. The van der Waals surface area contributed by atoms with E-state index in [9.17, 15) is 0 Å². The van der Waals surface area contributed by atoms with E-state index >= 15 is 0 Å². The summed E-state index contributed by atoms with van der Waals surface area (Å²) in [6, 6.07) is 16.0. The predicted molar refractivity (Wildman–Crippen MR) is 97.5 cm³/mol. The van der Waals surface area contributed by atoms with E-state index in [0.29, 0.717) is 19.8 Å². The molecule has 0 radical (unpaired) electrons. The van der Waals surface area contributed by atoms with Crippen LogP contribution in [0.2, 0.25) is 0 Å². The van der Waals surface area contributed by atoms with Gasteiger partial charge in [-0.05, 0) is 49.1 Å². The maximum atomic E-state index is 8.80. The third-order valence-electron chi connectivity index (χ3n) is 4.28. The Kier molecular flexibility index (Phi) is 6.57. The van der Waals surface area contributed by atoms with Crippen molar-refractivity contribution in [1.29, 1.82) is 0 Å². The van der Waals surface area contributed by atoms with Crippen LogP contribution in [0, 0.1) is 0 Å². The van der Waals surface area contributed by atoms with Crippen molar-refractivity contribution in [3.8, 4) is 17.2 Å². The average Bonchev–Trinajstić information content (AvgIpc) is 2.66. The summed E-state index contributed by atoms with van der Waals surface area (Å²) < 4.78 is 17.5. The van der Waals surface area contributed by atoms with E-state index in [1.54, 1.807) is 0 Å². The molecule has 3 rings (SSSR count). The molecule has 4 nitrogen and oxygen atoms in total. The Labute approximate surface area is 149 Å². The van der Waals surface area contributed by atoms with Gasteiger partial charge in [-0.3, -0.25) is 0 Å². The van der Waals surface area contributed by atoms with Gasteiger partial charge in [0, 0.05) is 6.61 Å². The minimum absolute atomic E-state index is 0.1000. The van der Waals surface area contributed by atoms with Crippen LogP contribution in [0.1, 0.15) is 31.2 Å². The summed E-state index contributed by atoms with van der Waals surface area (Å²) in [7, 11) is 0. The Morgan fingerprint density at radius 2 is 1.80 bits per heavy atom. The molecule has 1 aliphatic heterocycles. The molecule has 2 aromatic carbocycles. The first-order valence-electron chi connectivity index (χ1n) is 9.06. The quantitative estimate of drug-likeness (QED) is 0.700. The molecular formula is C21H26O4. The van der Waals surface area contributed by atoms with Gasteiger partial charge in [0.05, 0.1) is 0 Å². The van der Waals surface area contributed by atoms with Crippen molar-refractivity contribution < 1.29 is 19.3 Å². The third-order valence-corrected chi connectivity index (χ3v) is 4.28. The summed E-state index contributed by atoms with van der Waals surface area (Å²) >= 11 is 0. The molecule has 2 aromatic rings. The van der Waals surface area contributed by atoms with Gasteiger partial charge >= 0.3 is 0 Å². The Morgan fingerprint density at radius 3 is 2.68 bits per heavy atom. The van der Waals surface area contributed by atoms with Gasteiger partial charge in [0.15, 0.2) is 17.6 Å². The van der Waals surface area contributed by atoms with Gasteiger partial charge in [-0.15, -0.1) is 0 Å². The van der Waals surface area contributed by atoms with E-state index in [1.165, 1.54) is 5.56 Å². The molecule has 0 aromatic heterocycles. The fourth-order valence-electron chi connectivity index (χ4n) is 2.92. The van der Waals surface area contributed by atoms with Gasteiger partial charge in [0.25, 0.3) is 0 Å². The van der Waals surface area contributed by atoms with E-state index < -0.39 is 0 Å². The first kappa shape index (κ1) is 17.6. The summed E-state index contributed by atoms with van der Waals surface area (Å²) in [4.78, 5) is 0. The topological polar surface area (TPSA) is 47.9 Å². The second-order valence-corrected chi connectivity index (χ2v) is 6.34. The van der Waals surface area contributed by atoms with E-state index in [0.717, 1.165) is 49.4 Å². The number of hydrogen-bond donors (Lipinski definition) is 1. The van der Waals surface area contributed by atoms with E-state index in [4.69, 9.17) is 19.3 Å². The Bertz CT molecular complexity index is 656. The third kappa shape index (κ3) is 5.40. The van der Waals surface area contributed by atoms with Crippen molar-refractivity contribution in [3.05, 3.63) is 54.1 Å². The Hall–Kier alpha value is -2.20. The Morgan fingerprint density at radius 1 is 0.960 bits per heavy atom. The zero-order chi connectivity index (χ0) is 17.3. The second-order valence-electron chi connectivity index (χ2n) is 6.34. The molecule has 0 bridgehead atoms. The number of aryl methyl sites for hydroxylation is 1. The van der Waals surface area contributed by atoms with Gasteiger partial charge in [0.2, 0.25) is 0 Å². The van der Waals surface area contributed by atoms with Crippen molar-refractivity contribution in [2.45, 2.75) is 38.2 Å². The van der Waals surface area contributed by atoms with Crippen LogP contribution in [-0.4, -0.2) is 31.0 Å². The number of hydrogen-bond acceptors (Lipinski definition) is 4. The van der Waals surface area contributed by atoms with Crippen molar-refractivity contribution in [2.24, 2.45) is 0 Å². The lowest BCUT2D eigenvalue weighted by molar-refractivity contribution is 0.0535. The minimum Gasteiger partial charge on any atom is -0.490 e. The summed E-state index contributed by atoms with van der Waals surface area (Å²) in [6.07, 6.45) is 5.22. The molecule has 134 valence electrons. The number of unbranched alkanes of at least 4 members (excludes halogenated alkanes) is 3. The molecule has 0 fully saturated rings. The molecule has 25 heavy (non-hydrogen) atoms. The zero-order valence-corrected chi connectivity index (χ0v) is 14.5. The van der Waals surface area contributed by atoms with E-state index in [2.05, 4.69) is 12.1 Å². The van der Waals surface area contributed by atoms with Crippen LogP contribution in [0.4, 0.5) is 0 Å². The summed E-state index contributed by atoms with van der Waals surface area (Å²) in [5, 5.41) is 8.80. The largest absolute Gasteiger partial charge is 0.490 e. The molecule has 0 spiro atoms. The van der Waals surface area contributed by atoms with E-state index in [-0.39, 0.29) is 6.10 Å². The molecule has 4 heteroatoms. The highest BCUT2D eigenvalue weighted by Gasteiger charge is 2.21. The Balaban J connectivity index is 1.45. The van der Waals surface area contributed by atoms with Gasteiger partial charge in [-0.2, -0.15) is 0 Å². The lowest BCUT2D eigenvalue weighted by Gasteiger charge is -2.26. The highest BCUT2D eigenvalue weighted by molar-refractivity contribution is 5.40. The maximum Gasteiger partial charge on any atom is 0.166 e. The standard InChI is InChI=1S/C21H26O4/c22-13-6-2-1-3-8-17-9-7-10-18(14-17)23-15-19-16-24-20-11-4-5-12-21(20)25-19/h4-5,7,9-12,14,19,22H,1-3,6,8,13,15-16H2. The molecular weight excluding hydrogens is 316 g/mol. The van der Waals surface area contributed by atoms with Crippen LogP contribution in [0.5, 0.6) is 17.2 Å². The highest BCUT2D eigenvalue weighted by Crippen LogP contribution is 2.31. The van der Waals surface area contributed by atoms with Crippen molar-refractivity contribution in [3.63, 3.8) is 0 Å². The fourth-order valence-corrected chi connectivity index (χ4v) is 2.92. The maximum absolute atomic E-state index is 8.80. The second kappa shape index (κ2) is 9.33. The number of fused-ring (bicyclic) bond motifs is 1. The monoisotopic (exact) mass is 342 g/mol. The van der Waals surface area contributed by atoms with Gasteiger partial charge in [-0.25, -0.2) is 0 Å². The lowest BCUT2D eigenvalue weighted by Crippen LogP contribution is -2.34. The first-order chi connectivity index (χ1) is 12.3. The lowest BCUT2D eigenvalue weighted by atomic mass is 10.1. The van der Waals surface area contributed by atoms with Crippen molar-refractivity contribution in [1.82, 2.24) is 0 Å². The van der Waals surface area contributed by atoms with Crippen LogP contribution < -0.4 is 14.2 Å². The number of benzene rings is 2. The number of aliphatic hydroxyl groups is 1. The van der Waals surface area contributed by atoms with E-state index in [1.807, 2.05) is 36.4 Å². The van der Waals surface area contributed by atoms with Gasteiger partial charge in [-0.1, -0.05) is 37.1 Å². The molecule has 0 amide bonds. The molecule has 0 saturated heterocycles.